The van der Waals surface area contributed by atoms with Crippen molar-refractivity contribution >= 4 is 0 Å². The van der Waals surface area contributed by atoms with Gasteiger partial charge in [-0.1, -0.05) is 20.8 Å². The zero-order valence-corrected chi connectivity index (χ0v) is 11.9. The molecule has 0 saturated carbocycles. The SMILES string of the molecule is CC(C)(C)c1nc2c(o1)CN(C(C)(C)C)CC2. The van der Waals surface area contributed by atoms with E-state index in [1.54, 1.807) is 0 Å². The van der Waals surface area contributed by atoms with E-state index in [1.807, 2.05) is 0 Å². The highest BCUT2D eigenvalue weighted by atomic mass is 16.4. The van der Waals surface area contributed by atoms with Gasteiger partial charge in [0.05, 0.1) is 12.2 Å². The van der Waals surface area contributed by atoms with Gasteiger partial charge in [-0.05, 0) is 20.8 Å². The topological polar surface area (TPSA) is 29.3 Å². The second-order valence-electron chi connectivity index (χ2n) is 6.98. The molecule has 1 aromatic rings. The minimum Gasteiger partial charge on any atom is -0.443 e. The van der Waals surface area contributed by atoms with E-state index in [1.165, 1.54) is 0 Å². The summed E-state index contributed by atoms with van der Waals surface area (Å²) in [5.74, 6) is 1.94. The molecule has 0 aromatic carbocycles. The van der Waals surface area contributed by atoms with Crippen LogP contribution in [0.4, 0.5) is 0 Å². The standard InChI is InChI=1S/C14H24N2O/c1-13(2,3)12-15-10-7-8-16(14(4,5)6)9-11(10)17-12/h7-9H2,1-6H3. The molecule has 1 aromatic heterocycles. The van der Waals surface area contributed by atoms with E-state index in [2.05, 4.69) is 51.4 Å². The molecule has 2 rings (SSSR count). The summed E-state index contributed by atoms with van der Waals surface area (Å²) in [4.78, 5) is 7.10. The molecular weight excluding hydrogens is 212 g/mol. The van der Waals surface area contributed by atoms with Crippen molar-refractivity contribution in [2.24, 2.45) is 0 Å². The lowest BCUT2D eigenvalue weighted by Gasteiger charge is -2.37. The number of nitrogens with zero attached hydrogens (tertiary/aromatic N) is 2. The normalized spacial score (nSPS) is 18.2. The van der Waals surface area contributed by atoms with Gasteiger partial charge in [0.15, 0.2) is 5.89 Å². The Bertz CT molecular complexity index is 407. The summed E-state index contributed by atoms with van der Waals surface area (Å²) < 4.78 is 5.94. The van der Waals surface area contributed by atoms with Gasteiger partial charge in [-0.3, -0.25) is 4.90 Å². The number of oxazole rings is 1. The molecule has 3 nitrogen and oxygen atoms in total. The molecule has 0 atom stereocenters. The predicted octanol–water partition coefficient (Wildman–Crippen LogP) is 3.13. The monoisotopic (exact) mass is 236 g/mol. The lowest BCUT2D eigenvalue weighted by atomic mass is 9.97. The van der Waals surface area contributed by atoms with E-state index in [0.717, 1.165) is 36.9 Å². The molecule has 0 bridgehead atoms. The van der Waals surface area contributed by atoms with Gasteiger partial charge in [-0.15, -0.1) is 0 Å². The van der Waals surface area contributed by atoms with Gasteiger partial charge in [-0.25, -0.2) is 4.98 Å². The second kappa shape index (κ2) is 3.84. The average molecular weight is 236 g/mol. The van der Waals surface area contributed by atoms with Crippen LogP contribution in [-0.2, 0) is 18.4 Å². The molecule has 0 radical (unpaired) electrons. The smallest absolute Gasteiger partial charge is 0.200 e. The minimum absolute atomic E-state index is 0.00387. The predicted molar refractivity (Wildman–Crippen MR) is 69.1 cm³/mol. The van der Waals surface area contributed by atoms with Crippen molar-refractivity contribution in [3.05, 3.63) is 17.3 Å². The van der Waals surface area contributed by atoms with E-state index in [4.69, 9.17) is 4.42 Å². The van der Waals surface area contributed by atoms with Gasteiger partial charge in [0, 0.05) is 23.9 Å². The van der Waals surface area contributed by atoms with Crippen LogP contribution in [0.3, 0.4) is 0 Å². The Morgan fingerprint density at radius 2 is 1.76 bits per heavy atom. The summed E-state index contributed by atoms with van der Waals surface area (Å²) in [6, 6.07) is 0. The van der Waals surface area contributed by atoms with E-state index in [-0.39, 0.29) is 11.0 Å². The Labute approximate surface area is 104 Å². The van der Waals surface area contributed by atoms with Gasteiger partial charge >= 0.3 is 0 Å². The van der Waals surface area contributed by atoms with Crippen molar-refractivity contribution in [2.45, 2.75) is 65.5 Å². The van der Waals surface area contributed by atoms with Crippen LogP contribution in [0.15, 0.2) is 4.42 Å². The lowest BCUT2D eigenvalue weighted by molar-refractivity contribution is 0.107. The first-order valence-corrected chi connectivity index (χ1v) is 6.42. The van der Waals surface area contributed by atoms with E-state index in [9.17, 15) is 0 Å². The molecule has 17 heavy (non-hydrogen) atoms. The van der Waals surface area contributed by atoms with Crippen LogP contribution in [0, 0.1) is 0 Å². The quantitative estimate of drug-likeness (QED) is 0.693. The van der Waals surface area contributed by atoms with Crippen molar-refractivity contribution in [1.82, 2.24) is 9.88 Å². The van der Waals surface area contributed by atoms with Gasteiger partial charge in [-0.2, -0.15) is 0 Å². The molecule has 0 aliphatic carbocycles. The summed E-state index contributed by atoms with van der Waals surface area (Å²) in [6.45, 7) is 15.1. The Balaban J connectivity index is 2.25. The summed E-state index contributed by atoms with van der Waals surface area (Å²) in [5.41, 5.74) is 1.37. The first kappa shape index (κ1) is 12.6. The average Bonchev–Trinajstić information content (AvgIpc) is 2.57. The third-order valence-corrected chi connectivity index (χ3v) is 3.32. The minimum atomic E-state index is 0.00387. The number of fused-ring (bicyclic) bond motifs is 1. The Hall–Kier alpha value is -0.830. The molecule has 0 saturated heterocycles. The highest BCUT2D eigenvalue weighted by Gasteiger charge is 2.31. The largest absolute Gasteiger partial charge is 0.443 e. The Morgan fingerprint density at radius 3 is 2.29 bits per heavy atom. The molecule has 0 N–H and O–H groups in total. The fourth-order valence-electron chi connectivity index (χ4n) is 2.09. The number of hydrogen-bond acceptors (Lipinski definition) is 3. The number of aromatic nitrogens is 1. The first-order chi connectivity index (χ1) is 7.68. The lowest BCUT2D eigenvalue weighted by Crippen LogP contribution is -2.44. The zero-order chi connectivity index (χ0) is 12.8. The summed E-state index contributed by atoms with van der Waals surface area (Å²) in [7, 11) is 0. The van der Waals surface area contributed by atoms with Crippen molar-refractivity contribution in [3.63, 3.8) is 0 Å². The Kier molecular flexibility index (Phi) is 2.85. The van der Waals surface area contributed by atoms with Crippen LogP contribution in [-0.4, -0.2) is 22.0 Å². The number of hydrogen-bond donors (Lipinski definition) is 0. The molecule has 0 unspecified atom stereocenters. The third-order valence-electron chi connectivity index (χ3n) is 3.32. The molecule has 3 heteroatoms. The van der Waals surface area contributed by atoms with Crippen molar-refractivity contribution in [1.29, 1.82) is 0 Å². The molecule has 1 aliphatic rings. The molecule has 0 fully saturated rings. The fourth-order valence-corrected chi connectivity index (χ4v) is 2.09. The maximum Gasteiger partial charge on any atom is 0.200 e. The van der Waals surface area contributed by atoms with Gasteiger partial charge in [0.2, 0.25) is 0 Å². The highest BCUT2D eigenvalue weighted by molar-refractivity contribution is 5.17. The molecule has 0 amide bonds. The molecular formula is C14H24N2O. The maximum absolute atomic E-state index is 5.94. The van der Waals surface area contributed by atoms with Crippen LogP contribution in [0.1, 0.15) is 58.9 Å². The van der Waals surface area contributed by atoms with Crippen LogP contribution >= 0.6 is 0 Å². The number of rotatable bonds is 0. The third kappa shape index (κ3) is 2.54. The maximum atomic E-state index is 5.94. The van der Waals surface area contributed by atoms with Gasteiger partial charge in [0.1, 0.15) is 5.76 Å². The van der Waals surface area contributed by atoms with Crippen molar-refractivity contribution < 1.29 is 4.42 Å². The van der Waals surface area contributed by atoms with Crippen LogP contribution < -0.4 is 0 Å². The fraction of sp³-hybridized carbons (Fsp3) is 0.786. The first-order valence-electron chi connectivity index (χ1n) is 6.42. The zero-order valence-electron chi connectivity index (χ0n) is 11.9. The Morgan fingerprint density at radius 1 is 1.12 bits per heavy atom. The molecule has 2 heterocycles. The second-order valence-corrected chi connectivity index (χ2v) is 6.98. The summed E-state index contributed by atoms with van der Waals surface area (Å²) in [6.07, 6.45) is 1.01. The molecule has 0 spiro atoms. The summed E-state index contributed by atoms with van der Waals surface area (Å²) >= 11 is 0. The summed E-state index contributed by atoms with van der Waals surface area (Å²) in [5, 5.41) is 0. The van der Waals surface area contributed by atoms with Gasteiger partial charge in [0.25, 0.3) is 0 Å². The van der Waals surface area contributed by atoms with E-state index in [0.29, 0.717) is 0 Å². The van der Waals surface area contributed by atoms with Crippen LogP contribution in [0.2, 0.25) is 0 Å². The van der Waals surface area contributed by atoms with E-state index < -0.39 is 0 Å². The van der Waals surface area contributed by atoms with Gasteiger partial charge < -0.3 is 4.42 Å². The van der Waals surface area contributed by atoms with Crippen molar-refractivity contribution in [3.8, 4) is 0 Å². The van der Waals surface area contributed by atoms with Crippen LogP contribution in [0.25, 0.3) is 0 Å². The van der Waals surface area contributed by atoms with Crippen LogP contribution in [0.5, 0.6) is 0 Å². The molecule has 96 valence electrons. The van der Waals surface area contributed by atoms with E-state index >= 15 is 0 Å². The van der Waals surface area contributed by atoms with Crippen molar-refractivity contribution in [2.75, 3.05) is 6.54 Å². The highest BCUT2D eigenvalue weighted by Crippen LogP contribution is 2.29. The molecule has 1 aliphatic heterocycles.